The van der Waals surface area contributed by atoms with Crippen LogP contribution in [0.25, 0.3) is 0 Å². The van der Waals surface area contributed by atoms with E-state index in [1.54, 1.807) is 13.3 Å². The Labute approximate surface area is 156 Å². The second-order valence-electron chi connectivity index (χ2n) is 4.67. The highest BCUT2D eigenvalue weighted by molar-refractivity contribution is 9.10. The zero-order chi connectivity index (χ0) is 17.8. The van der Waals surface area contributed by atoms with Crippen LogP contribution < -0.4 is 0 Å². The van der Waals surface area contributed by atoms with Crippen molar-refractivity contribution in [3.05, 3.63) is 69.2 Å². The molecule has 0 saturated carbocycles. The highest BCUT2D eigenvalue weighted by Gasteiger charge is 1.97. The van der Waals surface area contributed by atoms with Gasteiger partial charge in [0.25, 0.3) is 0 Å². The molecule has 0 N–H and O–H groups in total. The molecule has 0 atom stereocenters. The summed E-state index contributed by atoms with van der Waals surface area (Å²) in [5, 5.41) is 8.21. The van der Waals surface area contributed by atoms with E-state index in [1.165, 1.54) is 7.11 Å². The fraction of sp³-hybridized carbons (Fsp3) is 0.222. The molecule has 24 heavy (non-hydrogen) atoms. The minimum absolute atomic E-state index is 0.744. The molecule has 0 saturated heterocycles. The van der Waals surface area contributed by atoms with Crippen LogP contribution in [-0.4, -0.2) is 26.1 Å². The molecule has 4 nitrogen and oxygen atoms in total. The van der Waals surface area contributed by atoms with Gasteiger partial charge in [-0.1, -0.05) is 62.1 Å². The first-order chi connectivity index (χ1) is 11.6. The lowest BCUT2D eigenvalue weighted by Crippen LogP contribution is -1.94. The maximum Gasteiger partial charge on any atom is 0.106 e. The number of benzene rings is 2. The van der Waals surface area contributed by atoms with E-state index >= 15 is 0 Å². The highest BCUT2D eigenvalue weighted by atomic mass is 79.9. The maximum atomic E-state index is 5.78. The molecule has 0 heterocycles. The third-order valence-electron chi connectivity index (χ3n) is 2.87. The Morgan fingerprint density at radius 1 is 1.12 bits per heavy atom. The van der Waals surface area contributed by atoms with Crippen molar-refractivity contribution in [3.63, 3.8) is 0 Å². The van der Waals surface area contributed by atoms with Crippen LogP contribution >= 0.6 is 27.5 Å². The Bertz CT molecular complexity index is 690. The summed E-state index contributed by atoms with van der Waals surface area (Å²) in [4.78, 5) is 9.20. The van der Waals surface area contributed by atoms with E-state index < -0.39 is 0 Å². The van der Waals surface area contributed by atoms with Gasteiger partial charge in [0.05, 0.1) is 5.71 Å². The van der Waals surface area contributed by atoms with Gasteiger partial charge in [0.2, 0.25) is 0 Å². The van der Waals surface area contributed by atoms with Crippen LogP contribution in [0.5, 0.6) is 0 Å². The topological polar surface area (TPSA) is 43.2 Å². The Morgan fingerprint density at radius 3 is 2.50 bits per heavy atom. The summed E-state index contributed by atoms with van der Waals surface area (Å²) in [6, 6.07) is 15.6. The molecule has 2 rings (SSSR count). The molecule has 128 valence electrons. The molecule has 2 aromatic carbocycles. The Kier molecular flexibility index (Phi) is 9.80. The molecule has 6 heteroatoms. The minimum Gasteiger partial charge on any atom is -0.399 e. The van der Waals surface area contributed by atoms with Crippen molar-refractivity contribution in [3.8, 4) is 0 Å². The SMILES string of the molecule is CON=C(C)c1cccc(Br)c1.CON=CCc1cccc(Cl)c1. The standard InChI is InChI=1S/C9H10BrNO.C9H10ClNO/c1-7(11-12-2)8-4-3-5-9(10)6-8;1-12-11-6-5-8-3-2-4-9(10)7-8/h3-6H,1-2H3;2-4,6-7H,5H2,1H3. The average Bonchev–Trinajstić information content (AvgIpc) is 2.56. The number of hydrogen-bond donors (Lipinski definition) is 0. The van der Waals surface area contributed by atoms with Gasteiger partial charge in [0, 0.05) is 27.7 Å². The minimum atomic E-state index is 0.744. The second-order valence-corrected chi connectivity index (χ2v) is 6.03. The largest absolute Gasteiger partial charge is 0.399 e. The third kappa shape index (κ3) is 8.13. The van der Waals surface area contributed by atoms with Gasteiger partial charge in [-0.15, -0.1) is 0 Å². The lowest BCUT2D eigenvalue weighted by molar-refractivity contribution is 0.213. The van der Waals surface area contributed by atoms with Gasteiger partial charge in [-0.05, 0) is 36.8 Å². The van der Waals surface area contributed by atoms with E-state index in [1.807, 2.05) is 55.5 Å². The van der Waals surface area contributed by atoms with E-state index in [2.05, 4.69) is 35.9 Å². The predicted molar refractivity (Wildman–Crippen MR) is 104 cm³/mol. The van der Waals surface area contributed by atoms with Crippen molar-refractivity contribution in [2.45, 2.75) is 13.3 Å². The van der Waals surface area contributed by atoms with Crippen LogP contribution in [-0.2, 0) is 16.1 Å². The van der Waals surface area contributed by atoms with Crippen LogP contribution in [0.2, 0.25) is 5.02 Å². The van der Waals surface area contributed by atoms with Crippen LogP contribution in [0.1, 0.15) is 18.1 Å². The first-order valence-corrected chi connectivity index (χ1v) is 8.37. The van der Waals surface area contributed by atoms with Gasteiger partial charge in [0.1, 0.15) is 14.2 Å². The zero-order valence-corrected chi connectivity index (χ0v) is 16.2. The van der Waals surface area contributed by atoms with Gasteiger partial charge in [-0.2, -0.15) is 0 Å². The van der Waals surface area contributed by atoms with Crippen molar-refractivity contribution >= 4 is 39.5 Å². The Morgan fingerprint density at radius 2 is 1.88 bits per heavy atom. The van der Waals surface area contributed by atoms with Gasteiger partial charge < -0.3 is 9.68 Å². The van der Waals surface area contributed by atoms with Crippen LogP contribution in [0.3, 0.4) is 0 Å². The Hall–Kier alpha value is -1.85. The van der Waals surface area contributed by atoms with E-state index in [0.717, 1.165) is 32.8 Å². The van der Waals surface area contributed by atoms with Crippen LogP contribution in [0, 0.1) is 0 Å². The second kappa shape index (κ2) is 11.6. The molecule has 0 aromatic heterocycles. The normalized spacial score (nSPS) is 11.0. The molecule has 0 bridgehead atoms. The lowest BCUT2D eigenvalue weighted by Gasteiger charge is -1.99. The number of hydrogen-bond acceptors (Lipinski definition) is 4. The number of halogens is 2. The number of oxime groups is 2. The van der Waals surface area contributed by atoms with Crippen molar-refractivity contribution in [2.75, 3.05) is 14.2 Å². The molecule has 0 aliphatic carbocycles. The Balaban J connectivity index is 0.000000240. The molecule has 0 unspecified atom stereocenters. The molecule has 0 radical (unpaired) electrons. The number of rotatable bonds is 5. The molecule has 2 aromatic rings. The van der Waals surface area contributed by atoms with E-state index in [9.17, 15) is 0 Å². The van der Waals surface area contributed by atoms with Crippen LogP contribution in [0.4, 0.5) is 0 Å². The van der Waals surface area contributed by atoms with Crippen molar-refractivity contribution in [1.29, 1.82) is 0 Å². The van der Waals surface area contributed by atoms with Gasteiger partial charge in [-0.3, -0.25) is 0 Å². The highest BCUT2D eigenvalue weighted by Crippen LogP contribution is 2.12. The molecular formula is C18H20BrClN2O2. The third-order valence-corrected chi connectivity index (χ3v) is 3.59. The first kappa shape index (κ1) is 20.2. The zero-order valence-electron chi connectivity index (χ0n) is 13.9. The van der Waals surface area contributed by atoms with E-state index in [4.69, 9.17) is 11.6 Å². The van der Waals surface area contributed by atoms with Gasteiger partial charge in [-0.25, -0.2) is 0 Å². The predicted octanol–water partition coefficient (Wildman–Crippen LogP) is 5.33. The first-order valence-electron chi connectivity index (χ1n) is 7.20. The monoisotopic (exact) mass is 410 g/mol. The number of nitrogens with zero attached hydrogens (tertiary/aromatic N) is 2. The smallest absolute Gasteiger partial charge is 0.106 e. The molecule has 0 aliphatic rings. The van der Waals surface area contributed by atoms with Crippen LogP contribution in [0.15, 0.2) is 63.3 Å². The van der Waals surface area contributed by atoms with E-state index in [0.29, 0.717) is 0 Å². The van der Waals surface area contributed by atoms with Gasteiger partial charge >= 0.3 is 0 Å². The summed E-state index contributed by atoms with van der Waals surface area (Å²) in [6.45, 7) is 1.91. The average molecular weight is 412 g/mol. The fourth-order valence-corrected chi connectivity index (χ4v) is 2.40. The summed E-state index contributed by atoms with van der Waals surface area (Å²) < 4.78 is 1.05. The van der Waals surface area contributed by atoms with E-state index in [-0.39, 0.29) is 0 Å². The summed E-state index contributed by atoms with van der Waals surface area (Å²) >= 11 is 9.17. The van der Waals surface area contributed by atoms with Crippen molar-refractivity contribution in [2.24, 2.45) is 10.3 Å². The maximum absolute atomic E-state index is 5.78. The summed E-state index contributed by atoms with van der Waals surface area (Å²) in [7, 11) is 3.07. The summed E-state index contributed by atoms with van der Waals surface area (Å²) in [5.74, 6) is 0. The molecule has 0 amide bonds. The summed E-state index contributed by atoms with van der Waals surface area (Å²) in [5.41, 5.74) is 3.06. The molecule has 0 fully saturated rings. The molecule has 0 spiro atoms. The van der Waals surface area contributed by atoms with Crippen molar-refractivity contribution < 1.29 is 9.68 Å². The quantitative estimate of drug-likeness (QED) is 0.493. The lowest BCUT2D eigenvalue weighted by atomic mass is 10.1. The molecule has 0 aliphatic heterocycles. The fourth-order valence-electron chi connectivity index (χ4n) is 1.78. The summed E-state index contributed by atoms with van der Waals surface area (Å²) in [6.07, 6.45) is 2.44. The van der Waals surface area contributed by atoms with Gasteiger partial charge in [0.15, 0.2) is 0 Å². The van der Waals surface area contributed by atoms with Crippen molar-refractivity contribution in [1.82, 2.24) is 0 Å². The molecular weight excluding hydrogens is 392 g/mol.